The van der Waals surface area contributed by atoms with Crippen LogP contribution in [0.4, 0.5) is 0 Å². The largest absolute Gasteiger partial charge is 0.476 e. The predicted molar refractivity (Wildman–Crippen MR) is 133 cm³/mol. The van der Waals surface area contributed by atoms with Crippen molar-refractivity contribution in [2.75, 3.05) is 25.6 Å². The van der Waals surface area contributed by atoms with Gasteiger partial charge in [-0.05, 0) is 34.6 Å². The fourth-order valence-electron chi connectivity index (χ4n) is 3.79. The maximum absolute atomic E-state index is 13.4. The number of hydrogen-bond acceptors (Lipinski definition) is 12. The number of aryl methyl sites for hydroxylation is 1. The molecule has 6 atom stereocenters. The highest BCUT2D eigenvalue weighted by Gasteiger charge is 2.54. The zero-order chi connectivity index (χ0) is 26.7. The molecule has 1 unspecified atom stereocenters. The number of carbonyl (C=O) groups excluding carboxylic acids is 1. The number of carbonyl (C=O) groups is 1. The molecule has 0 radical (unpaired) electrons. The predicted octanol–water partition coefficient (Wildman–Crippen LogP) is 1.96. The molecule has 36 heavy (non-hydrogen) atoms. The van der Waals surface area contributed by atoms with Gasteiger partial charge >= 0.3 is 12.7 Å². The molecule has 3 heterocycles. The molecule has 3 N–H and O–H groups in total. The van der Waals surface area contributed by atoms with Gasteiger partial charge < -0.3 is 28.9 Å². The van der Waals surface area contributed by atoms with Crippen LogP contribution in [0.2, 0.25) is 0 Å². The van der Waals surface area contributed by atoms with Crippen LogP contribution >= 0.6 is 18.1 Å². The maximum atomic E-state index is 13.4. The van der Waals surface area contributed by atoms with Crippen molar-refractivity contribution in [3.63, 3.8) is 0 Å². The topological polar surface area (TPSA) is 167 Å². The molecule has 2 aromatic heterocycles. The lowest BCUT2D eigenvalue weighted by molar-refractivity contribution is -0.144. The average molecular weight is 548 g/mol. The summed E-state index contributed by atoms with van der Waals surface area (Å²) in [7, 11) is 0. The maximum Gasteiger partial charge on any atom is 0.327 e. The van der Waals surface area contributed by atoms with Crippen molar-refractivity contribution < 1.29 is 38.3 Å². The van der Waals surface area contributed by atoms with Crippen LogP contribution in [0.15, 0.2) is 6.33 Å². The third kappa shape index (κ3) is 6.01. The number of aliphatic hydroxyl groups is 2. The first kappa shape index (κ1) is 28.8. The fraction of sp³-hybridized carbons (Fsp3) is 0.714. The molecule has 1 fully saturated rings. The molecule has 202 valence electrons. The smallest absolute Gasteiger partial charge is 0.327 e. The van der Waals surface area contributed by atoms with Gasteiger partial charge in [0.1, 0.15) is 29.7 Å². The van der Waals surface area contributed by atoms with E-state index in [0.29, 0.717) is 35.2 Å². The van der Waals surface area contributed by atoms with Gasteiger partial charge in [0.2, 0.25) is 5.88 Å². The Balaban J connectivity index is 1.81. The Morgan fingerprint density at radius 3 is 2.72 bits per heavy atom. The van der Waals surface area contributed by atoms with Crippen LogP contribution in [0.3, 0.4) is 0 Å². The van der Waals surface area contributed by atoms with Gasteiger partial charge in [-0.25, -0.2) is 15.1 Å². The van der Waals surface area contributed by atoms with Crippen LogP contribution in [0.25, 0.3) is 11.2 Å². The van der Waals surface area contributed by atoms with E-state index in [2.05, 4.69) is 20.0 Å². The minimum absolute atomic E-state index is 0.189. The Labute approximate surface area is 213 Å². The van der Waals surface area contributed by atoms with Gasteiger partial charge in [-0.1, -0.05) is 18.3 Å². The van der Waals surface area contributed by atoms with Gasteiger partial charge in [-0.2, -0.15) is 4.98 Å². The summed E-state index contributed by atoms with van der Waals surface area (Å²) in [5.41, 5.74) is -1.01. The summed E-state index contributed by atoms with van der Waals surface area (Å²) >= 11 is 1.00. The molecular weight excluding hydrogens is 513 g/mol. The minimum Gasteiger partial charge on any atom is -0.476 e. The van der Waals surface area contributed by atoms with Crippen molar-refractivity contribution in [3.05, 3.63) is 12.2 Å². The Morgan fingerprint density at radius 2 is 2.08 bits per heavy atom. The minimum atomic E-state index is -3.58. The average Bonchev–Trinajstić information content (AvgIpc) is 3.31. The van der Waals surface area contributed by atoms with E-state index < -0.39 is 42.8 Å². The van der Waals surface area contributed by atoms with Gasteiger partial charge in [0.05, 0.1) is 26.1 Å². The summed E-state index contributed by atoms with van der Waals surface area (Å²) in [6.45, 7) is 6.62. The highest BCUT2D eigenvalue weighted by molar-refractivity contribution is 8.56. The van der Waals surface area contributed by atoms with Crippen molar-refractivity contribution in [2.24, 2.45) is 0 Å². The lowest BCUT2D eigenvalue weighted by Crippen LogP contribution is -2.44. The SMILES string of the molecule is CCOC(=O)[C@@H](C)NP(=O)(OC[C@H]1O[C@@H](n2cnc3c(OCC)nc(C)nc32)[C@](C)(O)[C@@H]1O)SCC. The summed E-state index contributed by atoms with van der Waals surface area (Å²) in [6, 6.07) is -0.875. The van der Waals surface area contributed by atoms with Gasteiger partial charge in [-0.15, -0.1) is 0 Å². The summed E-state index contributed by atoms with van der Waals surface area (Å²) < 4.78 is 37.0. The molecule has 0 saturated carbocycles. The van der Waals surface area contributed by atoms with Crippen LogP contribution in [-0.2, 0) is 23.4 Å². The first-order chi connectivity index (χ1) is 17.0. The number of rotatable bonds is 12. The molecule has 15 heteroatoms. The fourth-order valence-corrected chi connectivity index (χ4v) is 7.40. The molecule has 0 spiro atoms. The monoisotopic (exact) mass is 547 g/mol. The van der Waals surface area contributed by atoms with E-state index in [4.69, 9.17) is 18.7 Å². The number of aromatic nitrogens is 4. The van der Waals surface area contributed by atoms with Crippen LogP contribution < -0.4 is 9.82 Å². The van der Waals surface area contributed by atoms with E-state index >= 15 is 0 Å². The number of nitrogens with zero attached hydrogens (tertiary/aromatic N) is 4. The van der Waals surface area contributed by atoms with Crippen molar-refractivity contribution >= 4 is 35.2 Å². The van der Waals surface area contributed by atoms with Crippen LogP contribution in [0.5, 0.6) is 5.88 Å². The van der Waals surface area contributed by atoms with E-state index in [1.807, 2.05) is 6.92 Å². The standard InChI is InChI=1S/C21H34N5O8PS/c1-7-31-18-15-17(23-13(5)24-18)26(11-22-15)20-21(6,29)16(27)14(34-20)10-33-35(30,36-9-3)25-12(4)19(28)32-8-2/h11-12,14,16,20,27,29H,7-10H2,1-6H3,(H,25,30)/t12-,14-,16-,20-,21-,35?/m1/s1. The van der Waals surface area contributed by atoms with Gasteiger partial charge in [0, 0.05) is 5.75 Å². The molecule has 13 nitrogen and oxygen atoms in total. The molecule has 0 amide bonds. The summed E-state index contributed by atoms with van der Waals surface area (Å²) in [5, 5.41) is 24.8. The summed E-state index contributed by atoms with van der Waals surface area (Å²) in [4.78, 5) is 25.0. The number of hydrogen-bond donors (Lipinski definition) is 3. The van der Waals surface area contributed by atoms with E-state index in [9.17, 15) is 19.6 Å². The van der Waals surface area contributed by atoms with E-state index in [1.165, 1.54) is 24.7 Å². The zero-order valence-electron chi connectivity index (χ0n) is 21.2. The van der Waals surface area contributed by atoms with Gasteiger partial charge in [0.15, 0.2) is 17.4 Å². The second kappa shape index (κ2) is 11.7. The van der Waals surface area contributed by atoms with Crippen LogP contribution in [0, 0.1) is 6.92 Å². The molecule has 1 aliphatic heterocycles. The highest BCUT2D eigenvalue weighted by atomic mass is 32.7. The van der Waals surface area contributed by atoms with Crippen LogP contribution in [-0.4, -0.2) is 85.1 Å². The summed E-state index contributed by atoms with van der Waals surface area (Å²) in [6.07, 6.45) is -2.09. The first-order valence-corrected chi connectivity index (χ1v) is 14.9. The lowest BCUT2D eigenvalue weighted by atomic mass is 9.96. The second-order valence-corrected chi connectivity index (χ2v) is 12.9. The second-order valence-electron chi connectivity index (χ2n) is 8.34. The van der Waals surface area contributed by atoms with E-state index in [1.54, 1.807) is 20.8 Å². The Bertz CT molecular complexity index is 1120. The number of esters is 1. The van der Waals surface area contributed by atoms with Crippen molar-refractivity contribution in [1.29, 1.82) is 0 Å². The third-order valence-corrected chi connectivity index (χ3v) is 9.71. The number of aliphatic hydroxyl groups excluding tert-OH is 1. The Kier molecular flexibility index (Phi) is 9.36. The zero-order valence-corrected chi connectivity index (χ0v) is 22.9. The molecule has 0 aliphatic carbocycles. The normalized spacial score (nSPS) is 26.6. The van der Waals surface area contributed by atoms with Gasteiger partial charge in [-0.3, -0.25) is 13.9 Å². The number of imidazole rings is 1. The summed E-state index contributed by atoms with van der Waals surface area (Å²) in [5.74, 6) is 0.617. The number of fused-ring (bicyclic) bond motifs is 1. The Hall–Kier alpha value is -1.80. The van der Waals surface area contributed by atoms with E-state index in [0.717, 1.165) is 11.4 Å². The lowest BCUT2D eigenvalue weighted by Gasteiger charge is -2.27. The van der Waals surface area contributed by atoms with E-state index in [-0.39, 0.29) is 13.2 Å². The molecular formula is C21H34N5O8PS. The molecule has 3 rings (SSSR count). The quantitative estimate of drug-likeness (QED) is 0.261. The molecule has 0 bridgehead atoms. The molecule has 1 saturated heterocycles. The van der Waals surface area contributed by atoms with Crippen molar-refractivity contribution in [2.45, 2.75) is 71.6 Å². The first-order valence-electron chi connectivity index (χ1n) is 11.7. The van der Waals surface area contributed by atoms with Crippen molar-refractivity contribution in [1.82, 2.24) is 24.6 Å². The number of nitrogens with one attached hydrogen (secondary N) is 1. The van der Waals surface area contributed by atoms with Gasteiger partial charge in [0.25, 0.3) is 0 Å². The highest BCUT2D eigenvalue weighted by Crippen LogP contribution is 2.56. The third-order valence-electron chi connectivity index (χ3n) is 5.49. The molecule has 2 aromatic rings. The van der Waals surface area contributed by atoms with Crippen molar-refractivity contribution in [3.8, 4) is 5.88 Å². The number of ether oxygens (including phenoxy) is 3. The Morgan fingerprint density at radius 1 is 1.36 bits per heavy atom. The van der Waals surface area contributed by atoms with Crippen LogP contribution in [0.1, 0.15) is 46.7 Å². The molecule has 1 aliphatic rings. The molecule has 0 aromatic carbocycles.